The lowest BCUT2D eigenvalue weighted by Crippen LogP contribution is -2.49. The molecule has 23 heavy (non-hydrogen) atoms. The molecule has 1 aliphatic heterocycles. The molecule has 1 aromatic rings. The Morgan fingerprint density at radius 2 is 1.78 bits per heavy atom. The number of ether oxygens (including phenoxy) is 1. The molecular formula is C17H24N2O4. The summed E-state index contributed by atoms with van der Waals surface area (Å²) >= 11 is 0. The van der Waals surface area contributed by atoms with E-state index in [1.165, 1.54) is 7.11 Å². The molecular weight excluding hydrogens is 296 g/mol. The van der Waals surface area contributed by atoms with Gasteiger partial charge in [-0.25, -0.2) is 5.48 Å². The van der Waals surface area contributed by atoms with Gasteiger partial charge in [-0.1, -0.05) is 0 Å². The topological polar surface area (TPSA) is 67.9 Å². The standard InChI is InChI=1S/C17H24N2O4/c1-12-5-4-6-13(2)19(12)16(20)11-23-15-9-7-14(8-10-15)17(21)18-22-3/h7-10,12-13H,4-6,11H2,1-3H3,(H,18,21). The first-order valence-electron chi connectivity index (χ1n) is 7.90. The van der Waals surface area contributed by atoms with Gasteiger partial charge in [0.25, 0.3) is 11.8 Å². The van der Waals surface area contributed by atoms with E-state index in [1.54, 1.807) is 24.3 Å². The van der Waals surface area contributed by atoms with Crippen LogP contribution < -0.4 is 10.2 Å². The average molecular weight is 320 g/mol. The van der Waals surface area contributed by atoms with Crippen molar-refractivity contribution in [2.75, 3.05) is 13.7 Å². The molecule has 1 heterocycles. The van der Waals surface area contributed by atoms with Crippen molar-refractivity contribution in [3.63, 3.8) is 0 Å². The minimum absolute atomic E-state index is 0.00547. The monoisotopic (exact) mass is 320 g/mol. The Morgan fingerprint density at radius 3 is 2.35 bits per heavy atom. The van der Waals surface area contributed by atoms with Gasteiger partial charge < -0.3 is 9.64 Å². The Morgan fingerprint density at radius 1 is 1.17 bits per heavy atom. The second kappa shape index (κ2) is 7.97. The molecule has 1 N–H and O–H groups in total. The van der Waals surface area contributed by atoms with Crippen LogP contribution in [0.2, 0.25) is 0 Å². The number of nitrogens with zero attached hydrogens (tertiary/aromatic N) is 1. The SMILES string of the molecule is CONC(=O)c1ccc(OCC(=O)N2C(C)CCCC2C)cc1. The van der Waals surface area contributed by atoms with Crippen molar-refractivity contribution in [1.29, 1.82) is 0 Å². The van der Waals surface area contributed by atoms with Crippen molar-refractivity contribution in [1.82, 2.24) is 10.4 Å². The Hall–Kier alpha value is -2.08. The van der Waals surface area contributed by atoms with Crippen molar-refractivity contribution in [3.05, 3.63) is 29.8 Å². The average Bonchev–Trinajstić information content (AvgIpc) is 2.53. The van der Waals surface area contributed by atoms with E-state index in [0.717, 1.165) is 19.3 Å². The van der Waals surface area contributed by atoms with Crippen LogP contribution in [0.15, 0.2) is 24.3 Å². The van der Waals surface area contributed by atoms with Crippen LogP contribution in [0.25, 0.3) is 0 Å². The van der Waals surface area contributed by atoms with Crippen LogP contribution in [0, 0.1) is 0 Å². The number of hydrogen-bond donors (Lipinski definition) is 1. The van der Waals surface area contributed by atoms with Crippen LogP contribution in [-0.2, 0) is 9.63 Å². The number of hydroxylamine groups is 1. The summed E-state index contributed by atoms with van der Waals surface area (Å²) < 4.78 is 5.56. The van der Waals surface area contributed by atoms with Gasteiger partial charge in [0.05, 0.1) is 7.11 Å². The van der Waals surface area contributed by atoms with Gasteiger partial charge in [-0.3, -0.25) is 14.4 Å². The maximum Gasteiger partial charge on any atom is 0.274 e. The Labute approximate surface area is 136 Å². The minimum Gasteiger partial charge on any atom is -0.484 e. The van der Waals surface area contributed by atoms with E-state index < -0.39 is 0 Å². The summed E-state index contributed by atoms with van der Waals surface area (Å²) in [7, 11) is 1.38. The number of carbonyl (C=O) groups is 2. The lowest BCUT2D eigenvalue weighted by atomic mass is 9.97. The fourth-order valence-corrected chi connectivity index (χ4v) is 2.99. The van der Waals surface area contributed by atoms with Crippen molar-refractivity contribution in [3.8, 4) is 5.75 Å². The molecule has 0 bridgehead atoms. The van der Waals surface area contributed by atoms with Crippen molar-refractivity contribution < 1.29 is 19.2 Å². The van der Waals surface area contributed by atoms with Crippen LogP contribution in [0.5, 0.6) is 5.75 Å². The van der Waals surface area contributed by atoms with Crippen molar-refractivity contribution in [2.24, 2.45) is 0 Å². The highest BCUT2D eigenvalue weighted by Crippen LogP contribution is 2.22. The number of carbonyl (C=O) groups excluding carboxylic acids is 2. The third kappa shape index (κ3) is 4.45. The predicted molar refractivity (Wildman–Crippen MR) is 86.0 cm³/mol. The van der Waals surface area contributed by atoms with Crippen LogP contribution in [-0.4, -0.2) is 42.5 Å². The van der Waals surface area contributed by atoms with Gasteiger partial charge in [0.1, 0.15) is 5.75 Å². The summed E-state index contributed by atoms with van der Waals surface area (Å²) in [6.45, 7) is 4.17. The van der Waals surface area contributed by atoms with Crippen LogP contribution in [0.4, 0.5) is 0 Å². The molecule has 1 saturated heterocycles. The summed E-state index contributed by atoms with van der Waals surface area (Å²) in [5, 5.41) is 0. The minimum atomic E-state index is -0.328. The van der Waals surface area contributed by atoms with E-state index in [2.05, 4.69) is 24.2 Å². The van der Waals surface area contributed by atoms with E-state index in [-0.39, 0.29) is 30.5 Å². The summed E-state index contributed by atoms with van der Waals surface area (Å²) in [4.78, 5) is 30.4. The third-order valence-corrected chi connectivity index (χ3v) is 4.16. The highest BCUT2D eigenvalue weighted by Gasteiger charge is 2.28. The highest BCUT2D eigenvalue weighted by molar-refractivity contribution is 5.93. The zero-order valence-corrected chi connectivity index (χ0v) is 13.9. The van der Waals surface area contributed by atoms with Crippen LogP contribution in [0.3, 0.4) is 0 Å². The normalized spacial score (nSPS) is 20.9. The molecule has 0 aliphatic carbocycles. The largest absolute Gasteiger partial charge is 0.484 e. The summed E-state index contributed by atoms with van der Waals surface area (Å²) in [6.07, 6.45) is 3.25. The van der Waals surface area contributed by atoms with E-state index in [0.29, 0.717) is 11.3 Å². The number of benzene rings is 1. The highest BCUT2D eigenvalue weighted by atomic mass is 16.6. The Balaban J connectivity index is 1.90. The third-order valence-electron chi connectivity index (χ3n) is 4.16. The predicted octanol–water partition coefficient (Wildman–Crippen LogP) is 2.15. The first-order valence-corrected chi connectivity index (χ1v) is 7.90. The molecule has 1 aliphatic rings. The summed E-state index contributed by atoms with van der Waals surface area (Å²) in [5.74, 6) is 0.238. The Kier molecular flexibility index (Phi) is 5.98. The zero-order valence-electron chi connectivity index (χ0n) is 13.9. The van der Waals surface area contributed by atoms with E-state index in [1.807, 2.05) is 4.90 Å². The summed E-state index contributed by atoms with van der Waals surface area (Å²) in [5.41, 5.74) is 2.71. The number of nitrogens with one attached hydrogen (secondary N) is 1. The lowest BCUT2D eigenvalue weighted by molar-refractivity contribution is -0.139. The molecule has 6 heteroatoms. The molecule has 2 unspecified atom stereocenters. The smallest absolute Gasteiger partial charge is 0.274 e. The number of hydrogen-bond acceptors (Lipinski definition) is 4. The zero-order chi connectivity index (χ0) is 16.8. The fraction of sp³-hybridized carbons (Fsp3) is 0.529. The second-order valence-electron chi connectivity index (χ2n) is 5.88. The fourth-order valence-electron chi connectivity index (χ4n) is 2.99. The molecule has 0 saturated carbocycles. The van der Waals surface area contributed by atoms with Gasteiger partial charge in [-0.15, -0.1) is 0 Å². The first kappa shape index (κ1) is 17.3. The molecule has 126 valence electrons. The maximum absolute atomic E-state index is 12.4. The lowest BCUT2D eigenvalue weighted by Gasteiger charge is -2.38. The molecule has 6 nitrogen and oxygen atoms in total. The van der Waals surface area contributed by atoms with Crippen LogP contribution in [0.1, 0.15) is 43.5 Å². The second-order valence-corrected chi connectivity index (χ2v) is 5.88. The molecule has 2 rings (SSSR count). The molecule has 2 amide bonds. The number of amides is 2. The van der Waals surface area contributed by atoms with Gasteiger partial charge in [-0.05, 0) is 57.4 Å². The van der Waals surface area contributed by atoms with Gasteiger partial charge in [-0.2, -0.15) is 0 Å². The maximum atomic E-state index is 12.4. The van der Waals surface area contributed by atoms with E-state index in [9.17, 15) is 9.59 Å². The van der Waals surface area contributed by atoms with E-state index >= 15 is 0 Å². The number of piperidine rings is 1. The van der Waals surface area contributed by atoms with Gasteiger partial charge in [0, 0.05) is 17.6 Å². The molecule has 1 aromatic carbocycles. The first-order chi connectivity index (χ1) is 11.0. The quantitative estimate of drug-likeness (QED) is 0.844. The molecule has 0 aromatic heterocycles. The van der Waals surface area contributed by atoms with Gasteiger partial charge in [0.15, 0.2) is 6.61 Å². The van der Waals surface area contributed by atoms with Crippen molar-refractivity contribution in [2.45, 2.75) is 45.2 Å². The summed E-state index contributed by atoms with van der Waals surface area (Å²) in [6, 6.07) is 7.10. The molecule has 0 radical (unpaired) electrons. The van der Waals surface area contributed by atoms with Gasteiger partial charge >= 0.3 is 0 Å². The Bertz CT molecular complexity index is 534. The number of rotatable bonds is 5. The van der Waals surface area contributed by atoms with Crippen LogP contribution >= 0.6 is 0 Å². The van der Waals surface area contributed by atoms with E-state index in [4.69, 9.17) is 4.74 Å². The van der Waals surface area contributed by atoms with Gasteiger partial charge in [0.2, 0.25) is 0 Å². The molecule has 2 atom stereocenters. The van der Waals surface area contributed by atoms with Crippen molar-refractivity contribution >= 4 is 11.8 Å². The molecule has 1 fully saturated rings. The molecule has 0 spiro atoms. The number of likely N-dealkylation sites (tertiary alicyclic amines) is 1.